The van der Waals surface area contributed by atoms with Gasteiger partial charge in [0.15, 0.2) is 11.0 Å². The Morgan fingerprint density at radius 2 is 2.03 bits per heavy atom. The summed E-state index contributed by atoms with van der Waals surface area (Å²) in [5, 5.41) is 11.2. The molecule has 0 saturated heterocycles. The molecule has 0 fully saturated rings. The van der Waals surface area contributed by atoms with Gasteiger partial charge in [0.05, 0.1) is 11.3 Å². The summed E-state index contributed by atoms with van der Waals surface area (Å²) in [5.74, 6) is 0.0291. The number of aromatic nitrogens is 4. The maximum absolute atomic E-state index is 12.8. The van der Waals surface area contributed by atoms with Crippen LogP contribution in [0.4, 0.5) is 18.9 Å². The molecule has 2 aromatic heterocycles. The molecule has 29 heavy (non-hydrogen) atoms. The van der Waals surface area contributed by atoms with Gasteiger partial charge in [0.2, 0.25) is 5.91 Å². The molecule has 1 aromatic carbocycles. The van der Waals surface area contributed by atoms with Crippen LogP contribution in [0.1, 0.15) is 5.56 Å². The summed E-state index contributed by atoms with van der Waals surface area (Å²) in [4.78, 5) is 16.4. The smallest absolute Gasteiger partial charge is 0.325 e. The van der Waals surface area contributed by atoms with Crippen LogP contribution in [0.5, 0.6) is 0 Å². The average molecular weight is 419 g/mol. The van der Waals surface area contributed by atoms with Gasteiger partial charge in [0.25, 0.3) is 0 Å². The Balaban J connectivity index is 1.69. The number of alkyl halides is 3. The second-order valence-electron chi connectivity index (χ2n) is 5.84. The standard InChI is InChI=1S/C19H16F3N5OS/c1-2-10-27-17(15-8-3-4-9-23-15)25-26-18(27)29-12-16(28)24-14-7-5-6-13(11-14)19(20,21)22/h2-9,11H,1,10,12H2,(H,24,28). The van der Waals surface area contributed by atoms with E-state index in [9.17, 15) is 18.0 Å². The molecule has 0 saturated carbocycles. The second-order valence-corrected chi connectivity index (χ2v) is 6.78. The predicted octanol–water partition coefficient (Wildman–Crippen LogP) is 4.28. The fourth-order valence-electron chi connectivity index (χ4n) is 2.47. The Bertz CT molecular complexity index is 1000. The number of nitrogens with one attached hydrogen (secondary N) is 1. The van der Waals surface area contributed by atoms with E-state index in [1.807, 2.05) is 6.07 Å². The molecule has 0 bridgehead atoms. The maximum atomic E-state index is 12.8. The molecule has 0 aliphatic rings. The van der Waals surface area contributed by atoms with Gasteiger partial charge in [-0.3, -0.25) is 14.3 Å². The minimum absolute atomic E-state index is 0.0479. The van der Waals surface area contributed by atoms with Crippen molar-refractivity contribution in [2.45, 2.75) is 17.9 Å². The van der Waals surface area contributed by atoms with E-state index in [-0.39, 0.29) is 11.4 Å². The summed E-state index contributed by atoms with van der Waals surface area (Å²) in [6.45, 7) is 4.13. The molecule has 0 atom stereocenters. The minimum atomic E-state index is -4.47. The van der Waals surface area contributed by atoms with E-state index in [0.717, 1.165) is 23.9 Å². The molecule has 3 rings (SSSR count). The highest BCUT2D eigenvalue weighted by atomic mass is 32.2. The number of anilines is 1. The number of benzene rings is 1. The van der Waals surface area contributed by atoms with Gasteiger partial charge in [-0.25, -0.2) is 0 Å². The number of allylic oxidation sites excluding steroid dienone is 1. The highest BCUT2D eigenvalue weighted by Crippen LogP contribution is 2.30. The normalized spacial score (nSPS) is 11.3. The van der Waals surface area contributed by atoms with Crippen molar-refractivity contribution in [3.05, 3.63) is 66.9 Å². The first-order chi connectivity index (χ1) is 13.9. The van der Waals surface area contributed by atoms with Crippen LogP contribution in [-0.2, 0) is 17.5 Å². The third kappa shape index (κ3) is 5.23. The molecule has 0 aliphatic carbocycles. The molecule has 2 heterocycles. The second kappa shape index (κ2) is 8.91. The number of nitrogens with zero attached hydrogens (tertiary/aromatic N) is 4. The van der Waals surface area contributed by atoms with E-state index in [4.69, 9.17) is 0 Å². The first-order valence-corrected chi connectivity index (χ1v) is 9.42. The van der Waals surface area contributed by atoms with Crippen LogP contribution in [0, 0.1) is 0 Å². The van der Waals surface area contributed by atoms with Gasteiger partial charge in [0.1, 0.15) is 5.69 Å². The van der Waals surface area contributed by atoms with Crippen LogP contribution < -0.4 is 5.32 Å². The summed E-state index contributed by atoms with van der Waals surface area (Å²) >= 11 is 1.12. The molecular formula is C19H16F3N5OS. The quantitative estimate of drug-likeness (QED) is 0.457. The molecular weight excluding hydrogens is 403 g/mol. The van der Waals surface area contributed by atoms with E-state index >= 15 is 0 Å². The number of pyridine rings is 1. The monoisotopic (exact) mass is 419 g/mol. The summed E-state index contributed by atoms with van der Waals surface area (Å²) in [6.07, 6.45) is -1.17. The number of hydrogen-bond acceptors (Lipinski definition) is 5. The van der Waals surface area contributed by atoms with Gasteiger partial charge in [-0.1, -0.05) is 30.0 Å². The Labute approximate surface area is 168 Å². The van der Waals surface area contributed by atoms with Crippen molar-refractivity contribution in [1.29, 1.82) is 0 Å². The van der Waals surface area contributed by atoms with E-state index in [0.29, 0.717) is 23.2 Å². The van der Waals surface area contributed by atoms with Crippen molar-refractivity contribution in [2.24, 2.45) is 0 Å². The largest absolute Gasteiger partial charge is 0.416 e. The maximum Gasteiger partial charge on any atom is 0.416 e. The third-order valence-corrected chi connectivity index (χ3v) is 4.70. The lowest BCUT2D eigenvalue weighted by Gasteiger charge is -2.10. The zero-order valence-corrected chi connectivity index (χ0v) is 15.9. The van der Waals surface area contributed by atoms with Crippen molar-refractivity contribution in [3.63, 3.8) is 0 Å². The van der Waals surface area contributed by atoms with Gasteiger partial charge in [0, 0.05) is 18.4 Å². The molecule has 3 aromatic rings. The Morgan fingerprint density at radius 1 is 1.21 bits per heavy atom. The van der Waals surface area contributed by atoms with Crippen LogP contribution >= 0.6 is 11.8 Å². The number of hydrogen-bond donors (Lipinski definition) is 1. The topological polar surface area (TPSA) is 72.7 Å². The number of thioether (sulfide) groups is 1. The molecule has 1 N–H and O–H groups in total. The summed E-state index contributed by atoms with van der Waals surface area (Å²) in [7, 11) is 0. The van der Waals surface area contributed by atoms with E-state index in [2.05, 4.69) is 27.1 Å². The van der Waals surface area contributed by atoms with Gasteiger partial charge in [-0.05, 0) is 30.3 Å². The van der Waals surface area contributed by atoms with E-state index in [1.165, 1.54) is 12.1 Å². The van der Waals surface area contributed by atoms with Crippen LogP contribution in [0.15, 0.2) is 66.5 Å². The zero-order chi connectivity index (χ0) is 20.9. The minimum Gasteiger partial charge on any atom is -0.325 e. The Morgan fingerprint density at radius 3 is 2.72 bits per heavy atom. The lowest BCUT2D eigenvalue weighted by atomic mass is 10.2. The number of amides is 1. The average Bonchev–Trinajstić information content (AvgIpc) is 3.09. The number of carbonyl (C=O) groups is 1. The molecule has 10 heteroatoms. The Kier molecular flexibility index (Phi) is 6.32. The van der Waals surface area contributed by atoms with Crippen molar-refractivity contribution < 1.29 is 18.0 Å². The van der Waals surface area contributed by atoms with Crippen molar-refractivity contribution in [2.75, 3.05) is 11.1 Å². The summed E-state index contributed by atoms with van der Waals surface area (Å²) in [6, 6.07) is 9.88. The zero-order valence-electron chi connectivity index (χ0n) is 15.1. The lowest BCUT2D eigenvalue weighted by molar-refractivity contribution is -0.137. The van der Waals surface area contributed by atoms with Crippen LogP contribution in [0.25, 0.3) is 11.5 Å². The number of carbonyl (C=O) groups excluding carboxylic acids is 1. The highest BCUT2D eigenvalue weighted by molar-refractivity contribution is 7.99. The van der Waals surface area contributed by atoms with E-state index < -0.39 is 17.6 Å². The fraction of sp³-hybridized carbons (Fsp3) is 0.158. The van der Waals surface area contributed by atoms with Crippen LogP contribution in [-0.4, -0.2) is 31.4 Å². The van der Waals surface area contributed by atoms with Gasteiger partial charge >= 0.3 is 6.18 Å². The van der Waals surface area contributed by atoms with Crippen LogP contribution in [0.3, 0.4) is 0 Å². The lowest BCUT2D eigenvalue weighted by Crippen LogP contribution is -2.15. The molecule has 1 amide bonds. The Hall–Kier alpha value is -3.14. The van der Waals surface area contributed by atoms with Crippen molar-refractivity contribution in [1.82, 2.24) is 19.7 Å². The number of rotatable bonds is 7. The first kappa shape index (κ1) is 20.6. The predicted molar refractivity (Wildman–Crippen MR) is 104 cm³/mol. The highest BCUT2D eigenvalue weighted by Gasteiger charge is 2.30. The van der Waals surface area contributed by atoms with Crippen molar-refractivity contribution >= 4 is 23.4 Å². The SMILES string of the molecule is C=CCn1c(SCC(=O)Nc2cccc(C(F)(F)F)c2)nnc1-c1ccccn1. The van der Waals surface area contributed by atoms with E-state index in [1.54, 1.807) is 29.0 Å². The summed E-state index contributed by atoms with van der Waals surface area (Å²) < 4.78 is 40.1. The molecule has 150 valence electrons. The van der Waals surface area contributed by atoms with Gasteiger partial charge in [-0.15, -0.1) is 16.8 Å². The first-order valence-electron chi connectivity index (χ1n) is 8.44. The molecule has 0 spiro atoms. The van der Waals surface area contributed by atoms with Gasteiger partial charge in [-0.2, -0.15) is 13.2 Å². The number of halogens is 3. The molecule has 6 nitrogen and oxygen atoms in total. The fourth-order valence-corrected chi connectivity index (χ4v) is 3.22. The molecule has 0 unspecified atom stereocenters. The van der Waals surface area contributed by atoms with Crippen molar-refractivity contribution in [3.8, 4) is 11.5 Å². The summed E-state index contributed by atoms with van der Waals surface area (Å²) in [5.41, 5.74) is -0.122. The van der Waals surface area contributed by atoms with Gasteiger partial charge < -0.3 is 5.32 Å². The third-order valence-electron chi connectivity index (χ3n) is 3.73. The molecule has 0 radical (unpaired) electrons. The molecule has 0 aliphatic heterocycles. The van der Waals surface area contributed by atoms with Crippen LogP contribution in [0.2, 0.25) is 0 Å².